The van der Waals surface area contributed by atoms with Crippen molar-refractivity contribution in [1.82, 2.24) is 0 Å². The molecule has 0 radical (unpaired) electrons. The van der Waals surface area contributed by atoms with E-state index in [4.69, 9.17) is 4.74 Å². The number of aliphatic hydroxyl groups excluding tert-OH is 1. The fraction of sp³-hybridized carbons (Fsp3) is 0.500. The highest BCUT2D eigenvalue weighted by molar-refractivity contribution is 5.77. The Morgan fingerprint density at radius 2 is 1.75 bits per heavy atom. The van der Waals surface area contributed by atoms with Crippen molar-refractivity contribution in [1.29, 1.82) is 0 Å². The molecule has 0 fully saturated rings. The van der Waals surface area contributed by atoms with Crippen LogP contribution in [0.2, 0.25) is 0 Å². The average Bonchev–Trinajstić information content (AvgIpc) is 2.37. The summed E-state index contributed by atoms with van der Waals surface area (Å²) >= 11 is 0. The summed E-state index contributed by atoms with van der Waals surface area (Å²) in [6.07, 6.45) is -5.68. The van der Waals surface area contributed by atoms with E-state index < -0.39 is 29.2 Å². The minimum atomic E-state index is -4.43. The molecular formula is C14H17F3O3. The van der Waals surface area contributed by atoms with Gasteiger partial charge in [-0.15, -0.1) is 0 Å². The van der Waals surface area contributed by atoms with Gasteiger partial charge in [-0.2, -0.15) is 13.2 Å². The molecule has 1 unspecified atom stereocenters. The number of benzene rings is 1. The van der Waals surface area contributed by atoms with Gasteiger partial charge in [0.2, 0.25) is 0 Å². The summed E-state index contributed by atoms with van der Waals surface area (Å²) in [5.41, 5.74) is -1.81. The summed E-state index contributed by atoms with van der Waals surface area (Å²) in [6, 6.07) is 4.07. The first-order valence-electron chi connectivity index (χ1n) is 6.13. The Hall–Kier alpha value is -1.56. The van der Waals surface area contributed by atoms with Gasteiger partial charge in [0.25, 0.3) is 0 Å². The van der Waals surface area contributed by atoms with Crippen LogP contribution in [0.25, 0.3) is 0 Å². The van der Waals surface area contributed by atoms with E-state index in [0.717, 1.165) is 24.3 Å². The maximum atomic E-state index is 12.4. The highest BCUT2D eigenvalue weighted by Gasteiger charge is 2.38. The molecule has 0 bridgehead atoms. The van der Waals surface area contributed by atoms with Crippen LogP contribution in [-0.4, -0.2) is 17.7 Å². The predicted octanol–water partition coefficient (Wildman–Crippen LogP) is 3.33. The second-order valence-corrected chi connectivity index (χ2v) is 4.96. The summed E-state index contributed by atoms with van der Waals surface area (Å²) in [5, 5.41) is 10.2. The summed E-state index contributed by atoms with van der Waals surface area (Å²) < 4.78 is 42.2. The van der Waals surface area contributed by atoms with E-state index in [1.54, 1.807) is 6.92 Å². The van der Waals surface area contributed by atoms with E-state index in [1.165, 1.54) is 13.8 Å². The minimum Gasteiger partial charge on any atom is -0.465 e. The highest BCUT2D eigenvalue weighted by Crippen LogP contribution is 2.36. The molecule has 0 saturated carbocycles. The van der Waals surface area contributed by atoms with Crippen molar-refractivity contribution >= 4 is 5.97 Å². The zero-order chi connectivity index (χ0) is 15.6. The van der Waals surface area contributed by atoms with Crippen LogP contribution in [0.3, 0.4) is 0 Å². The molecule has 0 aliphatic rings. The van der Waals surface area contributed by atoms with Crippen molar-refractivity contribution in [2.75, 3.05) is 6.61 Å². The van der Waals surface area contributed by atoms with Crippen LogP contribution in [0.5, 0.6) is 0 Å². The van der Waals surface area contributed by atoms with Crippen molar-refractivity contribution in [2.45, 2.75) is 33.1 Å². The van der Waals surface area contributed by atoms with Crippen LogP contribution in [0, 0.1) is 5.41 Å². The Balaban J connectivity index is 2.97. The lowest BCUT2D eigenvalue weighted by Gasteiger charge is -2.28. The third-order valence-corrected chi connectivity index (χ3v) is 3.04. The summed E-state index contributed by atoms with van der Waals surface area (Å²) in [5.74, 6) is -0.604. The smallest absolute Gasteiger partial charge is 0.416 e. The van der Waals surface area contributed by atoms with Gasteiger partial charge in [0.15, 0.2) is 0 Å². The number of halogens is 3. The minimum absolute atomic E-state index is 0.169. The fourth-order valence-corrected chi connectivity index (χ4v) is 1.70. The topological polar surface area (TPSA) is 46.5 Å². The molecule has 3 nitrogen and oxygen atoms in total. The number of alkyl halides is 3. The van der Waals surface area contributed by atoms with Crippen LogP contribution in [0.4, 0.5) is 13.2 Å². The Morgan fingerprint density at radius 3 is 2.15 bits per heavy atom. The lowest BCUT2D eigenvalue weighted by molar-refractivity contribution is -0.160. The van der Waals surface area contributed by atoms with Gasteiger partial charge >= 0.3 is 12.1 Å². The van der Waals surface area contributed by atoms with Gasteiger partial charge in [0, 0.05) is 0 Å². The normalized spacial score (nSPS) is 13.9. The first-order chi connectivity index (χ1) is 9.10. The van der Waals surface area contributed by atoms with E-state index >= 15 is 0 Å². The van der Waals surface area contributed by atoms with Crippen LogP contribution >= 0.6 is 0 Å². The van der Waals surface area contributed by atoms with E-state index in [0.29, 0.717) is 0 Å². The van der Waals surface area contributed by atoms with Gasteiger partial charge in [-0.25, -0.2) is 0 Å². The molecule has 1 aromatic rings. The molecule has 1 aromatic carbocycles. The number of hydrogen-bond donors (Lipinski definition) is 1. The standard InChI is InChI=1S/C14H17F3O3/c1-4-20-12(19)13(2,3)11(18)9-5-7-10(8-6-9)14(15,16)17/h5-8,11,18H,4H2,1-3H3. The summed E-state index contributed by atoms with van der Waals surface area (Å²) in [6.45, 7) is 4.77. The van der Waals surface area contributed by atoms with Crippen LogP contribution < -0.4 is 0 Å². The molecule has 0 spiro atoms. The molecular weight excluding hydrogens is 273 g/mol. The average molecular weight is 290 g/mol. The molecule has 0 aromatic heterocycles. The molecule has 1 N–H and O–H groups in total. The molecule has 0 saturated heterocycles. The van der Waals surface area contributed by atoms with Gasteiger partial charge in [-0.3, -0.25) is 4.79 Å². The quantitative estimate of drug-likeness (QED) is 0.865. The zero-order valence-electron chi connectivity index (χ0n) is 11.5. The molecule has 0 heterocycles. The molecule has 1 rings (SSSR count). The molecule has 0 aliphatic carbocycles. The maximum absolute atomic E-state index is 12.4. The first-order valence-corrected chi connectivity index (χ1v) is 6.13. The van der Waals surface area contributed by atoms with Crippen molar-refractivity contribution in [2.24, 2.45) is 5.41 Å². The van der Waals surface area contributed by atoms with Crippen LogP contribution in [0.1, 0.15) is 38.0 Å². The Bertz CT molecular complexity index is 464. The van der Waals surface area contributed by atoms with Crippen LogP contribution in [-0.2, 0) is 15.7 Å². The number of hydrogen-bond acceptors (Lipinski definition) is 3. The van der Waals surface area contributed by atoms with Crippen molar-refractivity contribution in [3.63, 3.8) is 0 Å². The first kappa shape index (κ1) is 16.5. The van der Waals surface area contributed by atoms with Crippen molar-refractivity contribution in [3.8, 4) is 0 Å². The lowest BCUT2D eigenvalue weighted by Crippen LogP contribution is -2.33. The number of ether oxygens (including phenoxy) is 1. The monoisotopic (exact) mass is 290 g/mol. The van der Waals surface area contributed by atoms with E-state index in [-0.39, 0.29) is 12.2 Å². The molecule has 1 atom stereocenters. The molecule has 0 aliphatic heterocycles. The third kappa shape index (κ3) is 3.50. The Kier molecular flexibility index (Phi) is 4.81. The van der Waals surface area contributed by atoms with Gasteiger partial charge in [0.05, 0.1) is 23.7 Å². The summed E-state index contributed by atoms with van der Waals surface area (Å²) in [7, 11) is 0. The predicted molar refractivity (Wildman–Crippen MR) is 66.8 cm³/mol. The van der Waals surface area contributed by atoms with Crippen molar-refractivity contribution < 1.29 is 27.8 Å². The van der Waals surface area contributed by atoms with Crippen molar-refractivity contribution in [3.05, 3.63) is 35.4 Å². The highest BCUT2D eigenvalue weighted by atomic mass is 19.4. The van der Waals surface area contributed by atoms with E-state index in [2.05, 4.69) is 0 Å². The summed E-state index contributed by atoms with van der Waals surface area (Å²) in [4.78, 5) is 11.7. The second-order valence-electron chi connectivity index (χ2n) is 4.96. The van der Waals surface area contributed by atoms with E-state index in [9.17, 15) is 23.1 Å². The Morgan fingerprint density at radius 1 is 1.25 bits per heavy atom. The molecule has 6 heteroatoms. The van der Waals surface area contributed by atoms with Gasteiger partial charge in [0.1, 0.15) is 0 Å². The van der Waals surface area contributed by atoms with Crippen LogP contribution in [0.15, 0.2) is 24.3 Å². The second kappa shape index (κ2) is 5.83. The third-order valence-electron chi connectivity index (χ3n) is 3.04. The number of esters is 1. The van der Waals surface area contributed by atoms with Gasteiger partial charge in [-0.1, -0.05) is 12.1 Å². The largest absolute Gasteiger partial charge is 0.465 e. The Labute approximate surface area is 115 Å². The number of aliphatic hydroxyl groups is 1. The number of carbonyl (C=O) groups excluding carboxylic acids is 1. The maximum Gasteiger partial charge on any atom is 0.416 e. The lowest BCUT2D eigenvalue weighted by atomic mass is 9.82. The molecule has 112 valence electrons. The molecule has 20 heavy (non-hydrogen) atoms. The van der Waals surface area contributed by atoms with E-state index in [1.807, 2.05) is 0 Å². The fourth-order valence-electron chi connectivity index (χ4n) is 1.70. The number of rotatable bonds is 4. The SMILES string of the molecule is CCOC(=O)C(C)(C)C(O)c1ccc(C(F)(F)F)cc1. The van der Waals surface area contributed by atoms with Gasteiger partial charge < -0.3 is 9.84 Å². The molecule has 0 amide bonds. The van der Waals surface area contributed by atoms with Gasteiger partial charge in [-0.05, 0) is 38.5 Å². The zero-order valence-corrected chi connectivity index (χ0v) is 11.5. The number of carbonyl (C=O) groups is 1.